The van der Waals surface area contributed by atoms with E-state index in [4.69, 9.17) is 4.42 Å². The highest BCUT2D eigenvalue weighted by Crippen LogP contribution is 2.39. The number of halogens is 1. The molecule has 0 unspecified atom stereocenters. The number of carbonyl (C=O) groups excluding carboxylic acids is 1. The Balaban J connectivity index is 1.69. The molecule has 6 nitrogen and oxygen atoms in total. The van der Waals surface area contributed by atoms with Gasteiger partial charge in [0, 0.05) is 6.20 Å². The van der Waals surface area contributed by atoms with Crippen LogP contribution in [0.25, 0.3) is 0 Å². The maximum absolute atomic E-state index is 13.5. The van der Waals surface area contributed by atoms with Crippen molar-refractivity contribution in [2.24, 2.45) is 0 Å². The number of anilines is 1. The number of benzene rings is 1. The molecule has 4 rings (SSSR count). The highest BCUT2D eigenvalue weighted by molar-refractivity contribution is 7.97. The summed E-state index contributed by atoms with van der Waals surface area (Å²) in [6, 6.07) is 10.7. The van der Waals surface area contributed by atoms with Crippen molar-refractivity contribution in [3.63, 3.8) is 0 Å². The van der Waals surface area contributed by atoms with Crippen molar-refractivity contribution in [3.8, 4) is 0 Å². The van der Waals surface area contributed by atoms with Crippen molar-refractivity contribution in [3.05, 3.63) is 87.2 Å². The third kappa shape index (κ3) is 3.34. The molecule has 1 aliphatic heterocycles. The summed E-state index contributed by atoms with van der Waals surface area (Å²) in [5.74, 6) is -0.414. The molecule has 1 aromatic carbocycles. The number of Topliss-reactive ketones (excluding diaryl/α,β-unsaturated/α-hetero) is 1. The topological polar surface area (TPSA) is 79.6 Å². The van der Waals surface area contributed by atoms with Crippen LogP contribution in [-0.2, 0) is 23.1 Å². The lowest BCUT2D eigenvalue weighted by molar-refractivity contribution is 0.104. The lowest BCUT2D eigenvalue weighted by Gasteiger charge is -2.29. The number of nitrogens with one attached hydrogen (secondary N) is 1. The number of rotatable bonds is 5. The smallest absolute Gasteiger partial charge is 0.270 e. The summed E-state index contributed by atoms with van der Waals surface area (Å²) in [5.41, 5.74) is 0.792. The molecule has 0 radical (unpaired) electrons. The highest BCUT2D eigenvalue weighted by Gasteiger charge is 2.41. The molecule has 0 saturated carbocycles. The maximum atomic E-state index is 13.5. The maximum Gasteiger partial charge on any atom is 0.270 e. The second kappa shape index (κ2) is 7.25. The fraction of sp³-hybridized carbons (Fsp3) is 0.105. The first-order valence-electron chi connectivity index (χ1n) is 8.32. The minimum absolute atomic E-state index is 0.0768. The summed E-state index contributed by atoms with van der Waals surface area (Å²) in [7, 11) is -4.11. The Morgan fingerprint density at radius 2 is 2.07 bits per heavy atom. The number of hydrogen-bond donors (Lipinski definition) is 1. The molecule has 3 heterocycles. The standard InChI is InChI=1S/C19H15FN2O4S2/c20-14-4-1-3-13(9-14)12-22-16-6-8-27-19(16)18(23)17(28(22,24)25)11-21-10-15-5-2-7-26-15/h1-9,11,21H,10,12H2. The van der Waals surface area contributed by atoms with Gasteiger partial charge in [-0.25, -0.2) is 12.8 Å². The van der Waals surface area contributed by atoms with Crippen LogP contribution in [-0.4, -0.2) is 14.2 Å². The quantitative estimate of drug-likeness (QED) is 0.640. The molecule has 0 fully saturated rings. The fourth-order valence-corrected chi connectivity index (χ4v) is 5.42. The van der Waals surface area contributed by atoms with E-state index in [1.54, 1.807) is 29.6 Å². The van der Waals surface area contributed by atoms with Crippen LogP contribution in [0.1, 0.15) is 21.0 Å². The van der Waals surface area contributed by atoms with E-state index < -0.39 is 21.6 Å². The number of hydrogen-bond acceptors (Lipinski definition) is 6. The molecule has 0 aliphatic carbocycles. The van der Waals surface area contributed by atoms with E-state index in [9.17, 15) is 17.6 Å². The van der Waals surface area contributed by atoms with Gasteiger partial charge in [0.2, 0.25) is 5.78 Å². The summed E-state index contributed by atoms with van der Waals surface area (Å²) in [5, 5.41) is 4.48. The van der Waals surface area contributed by atoms with Crippen LogP contribution in [0.2, 0.25) is 0 Å². The Labute approximate surface area is 165 Å². The largest absolute Gasteiger partial charge is 0.467 e. The van der Waals surface area contributed by atoms with Crippen molar-refractivity contribution >= 4 is 32.8 Å². The van der Waals surface area contributed by atoms with Gasteiger partial charge in [-0.2, -0.15) is 0 Å². The number of thiophene rings is 1. The molecule has 0 spiro atoms. The van der Waals surface area contributed by atoms with Gasteiger partial charge in [0.1, 0.15) is 16.5 Å². The summed E-state index contributed by atoms with van der Waals surface area (Å²) < 4.78 is 46.2. The van der Waals surface area contributed by atoms with E-state index in [-0.39, 0.29) is 18.0 Å². The Morgan fingerprint density at radius 1 is 1.21 bits per heavy atom. The molecule has 28 heavy (non-hydrogen) atoms. The van der Waals surface area contributed by atoms with Gasteiger partial charge in [0.15, 0.2) is 4.91 Å². The molecule has 0 atom stereocenters. The van der Waals surface area contributed by atoms with Crippen molar-refractivity contribution in [2.75, 3.05) is 4.31 Å². The van der Waals surface area contributed by atoms with Crippen LogP contribution in [0.15, 0.2) is 69.6 Å². The van der Waals surface area contributed by atoms with E-state index in [2.05, 4.69) is 5.32 Å². The van der Waals surface area contributed by atoms with E-state index >= 15 is 0 Å². The third-order valence-corrected chi connectivity index (χ3v) is 6.88. The first-order valence-corrected chi connectivity index (χ1v) is 10.6. The average Bonchev–Trinajstić information content (AvgIpc) is 3.33. The second-order valence-electron chi connectivity index (χ2n) is 6.07. The zero-order valence-electron chi connectivity index (χ0n) is 14.5. The van der Waals surface area contributed by atoms with E-state index in [0.29, 0.717) is 21.9 Å². The van der Waals surface area contributed by atoms with Gasteiger partial charge < -0.3 is 9.73 Å². The van der Waals surface area contributed by atoms with Crippen LogP contribution >= 0.6 is 11.3 Å². The SMILES string of the molecule is O=C1C(=CNCc2ccco2)S(=O)(=O)N(Cc2cccc(F)c2)c2ccsc21. The number of carbonyl (C=O) groups is 1. The fourth-order valence-electron chi connectivity index (χ4n) is 2.91. The Bertz CT molecular complexity index is 1150. The second-order valence-corrected chi connectivity index (χ2v) is 8.82. The third-order valence-electron chi connectivity index (χ3n) is 4.22. The van der Waals surface area contributed by atoms with Crippen molar-refractivity contribution in [1.82, 2.24) is 5.32 Å². The van der Waals surface area contributed by atoms with Gasteiger partial charge in [0.25, 0.3) is 10.0 Å². The molecule has 1 N–H and O–H groups in total. The van der Waals surface area contributed by atoms with Crippen LogP contribution < -0.4 is 9.62 Å². The molecule has 144 valence electrons. The lowest BCUT2D eigenvalue weighted by atomic mass is 10.2. The van der Waals surface area contributed by atoms with Crippen LogP contribution in [0.4, 0.5) is 10.1 Å². The predicted molar refractivity (Wildman–Crippen MR) is 104 cm³/mol. The Kier molecular flexibility index (Phi) is 4.78. The molecule has 3 aromatic rings. The van der Waals surface area contributed by atoms with Gasteiger partial charge in [-0.3, -0.25) is 9.10 Å². The van der Waals surface area contributed by atoms with E-state index in [1.807, 2.05) is 0 Å². The zero-order chi connectivity index (χ0) is 19.7. The number of nitrogens with zero attached hydrogens (tertiary/aromatic N) is 1. The Morgan fingerprint density at radius 3 is 2.82 bits per heavy atom. The van der Waals surface area contributed by atoms with Gasteiger partial charge in [-0.1, -0.05) is 12.1 Å². The minimum Gasteiger partial charge on any atom is -0.467 e. The molecule has 1 aliphatic rings. The van der Waals surface area contributed by atoms with Gasteiger partial charge in [-0.15, -0.1) is 11.3 Å². The minimum atomic E-state index is -4.11. The Hall–Kier alpha value is -2.91. The summed E-state index contributed by atoms with van der Waals surface area (Å²) in [6.45, 7) is 0.160. The number of sulfonamides is 1. The molecule has 0 bridgehead atoms. The normalized spacial score (nSPS) is 17.0. The van der Waals surface area contributed by atoms with Crippen LogP contribution in [0, 0.1) is 5.82 Å². The molecular formula is C19H15FN2O4S2. The number of furan rings is 1. The highest BCUT2D eigenvalue weighted by atomic mass is 32.2. The lowest BCUT2D eigenvalue weighted by Crippen LogP contribution is -2.38. The van der Waals surface area contributed by atoms with Crippen LogP contribution in [0.5, 0.6) is 0 Å². The van der Waals surface area contributed by atoms with Gasteiger partial charge >= 0.3 is 0 Å². The predicted octanol–water partition coefficient (Wildman–Crippen LogP) is 3.64. The summed E-state index contributed by atoms with van der Waals surface area (Å²) in [4.78, 5) is 12.7. The first-order chi connectivity index (χ1) is 13.5. The number of fused-ring (bicyclic) bond motifs is 1. The first kappa shape index (κ1) is 18.5. The molecule has 2 aromatic heterocycles. The van der Waals surface area contributed by atoms with E-state index in [0.717, 1.165) is 4.31 Å². The molecule has 0 saturated heterocycles. The van der Waals surface area contributed by atoms with Gasteiger partial charge in [0.05, 0.1) is 25.0 Å². The molecule has 0 amide bonds. The zero-order valence-corrected chi connectivity index (χ0v) is 16.1. The summed E-state index contributed by atoms with van der Waals surface area (Å²) in [6.07, 6.45) is 2.70. The van der Waals surface area contributed by atoms with Gasteiger partial charge in [-0.05, 0) is 41.3 Å². The number of allylic oxidation sites excluding steroid dienone is 1. The molecular weight excluding hydrogens is 403 g/mol. The van der Waals surface area contributed by atoms with E-state index in [1.165, 1.54) is 42.0 Å². The van der Waals surface area contributed by atoms with Crippen LogP contribution in [0.3, 0.4) is 0 Å². The molecule has 9 heteroatoms. The van der Waals surface area contributed by atoms with Crippen molar-refractivity contribution < 1.29 is 22.0 Å². The van der Waals surface area contributed by atoms with Crippen molar-refractivity contribution in [1.29, 1.82) is 0 Å². The average molecular weight is 418 g/mol. The summed E-state index contributed by atoms with van der Waals surface area (Å²) >= 11 is 1.17. The number of ketones is 1. The van der Waals surface area contributed by atoms with Crippen molar-refractivity contribution in [2.45, 2.75) is 13.1 Å². The monoisotopic (exact) mass is 418 g/mol.